The number of carbonyl (C=O) groups excluding carboxylic acids is 1. The molecule has 3 rings (SSSR count). The number of aromatic nitrogens is 1. The minimum Gasteiger partial charge on any atom is -0.481 e. The molecule has 1 saturated heterocycles. The second-order valence-electron chi connectivity index (χ2n) is 5.24. The number of halogens is 2. The van der Waals surface area contributed by atoms with E-state index in [0.29, 0.717) is 39.3 Å². The van der Waals surface area contributed by atoms with Crippen molar-refractivity contribution in [3.63, 3.8) is 0 Å². The Kier molecular flexibility index (Phi) is 4.57. The number of aliphatic carboxylic acids is 1. The molecule has 23 heavy (non-hydrogen) atoms. The van der Waals surface area contributed by atoms with E-state index >= 15 is 0 Å². The minimum atomic E-state index is -0.868. The first-order chi connectivity index (χ1) is 11.0. The average molecular weight is 371 g/mol. The summed E-state index contributed by atoms with van der Waals surface area (Å²) in [5, 5.41) is 12.3. The predicted octanol–water partition coefficient (Wildman–Crippen LogP) is 3.66. The molecule has 1 fully saturated rings. The summed E-state index contributed by atoms with van der Waals surface area (Å²) < 4.78 is 0. The van der Waals surface area contributed by atoms with Crippen LogP contribution >= 0.6 is 34.5 Å². The van der Waals surface area contributed by atoms with Crippen molar-refractivity contribution in [1.29, 1.82) is 0 Å². The molecular weight excluding hydrogens is 359 g/mol. The molecule has 1 amide bonds. The standard InChI is InChI=1S/C15H12Cl2N2O3S/c16-9-1-2-10(11(17)5-9)13-18-12(7-23-13)14(20)19-4-3-8(6-19)15(21)22/h1-2,5,7-8H,3-4,6H2,(H,21,22). The van der Waals surface area contributed by atoms with E-state index in [2.05, 4.69) is 4.98 Å². The van der Waals surface area contributed by atoms with E-state index in [9.17, 15) is 9.59 Å². The van der Waals surface area contributed by atoms with Crippen molar-refractivity contribution >= 4 is 46.4 Å². The molecule has 0 spiro atoms. The fraction of sp³-hybridized carbons (Fsp3) is 0.267. The summed E-state index contributed by atoms with van der Waals surface area (Å²) in [6, 6.07) is 5.09. The first-order valence-corrected chi connectivity index (χ1v) is 8.52. The topological polar surface area (TPSA) is 70.5 Å². The maximum Gasteiger partial charge on any atom is 0.308 e. The number of likely N-dealkylation sites (tertiary alicyclic amines) is 1. The molecule has 5 nitrogen and oxygen atoms in total. The number of amides is 1. The molecule has 120 valence electrons. The van der Waals surface area contributed by atoms with Gasteiger partial charge in [0.15, 0.2) is 0 Å². The SMILES string of the molecule is O=C(O)C1CCN(C(=O)c2csc(-c3ccc(Cl)cc3Cl)n2)C1. The van der Waals surface area contributed by atoms with Gasteiger partial charge in [-0.3, -0.25) is 9.59 Å². The van der Waals surface area contributed by atoms with Gasteiger partial charge in [-0.2, -0.15) is 0 Å². The molecule has 0 aliphatic carbocycles. The third kappa shape index (κ3) is 3.34. The summed E-state index contributed by atoms with van der Waals surface area (Å²) >= 11 is 13.3. The van der Waals surface area contributed by atoms with Crippen molar-refractivity contribution in [2.45, 2.75) is 6.42 Å². The Hall–Kier alpha value is -1.63. The van der Waals surface area contributed by atoms with Crippen LogP contribution in [0.15, 0.2) is 23.6 Å². The Labute approximate surface area is 146 Å². The zero-order valence-electron chi connectivity index (χ0n) is 11.8. The highest BCUT2D eigenvalue weighted by Gasteiger charge is 2.32. The van der Waals surface area contributed by atoms with Gasteiger partial charge in [-0.15, -0.1) is 11.3 Å². The van der Waals surface area contributed by atoms with Gasteiger partial charge in [-0.05, 0) is 24.6 Å². The van der Waals surface area contributed by atoms with Crippen LogP contribution in [0.4, 0.5) is 0 Å². The van der Waals surface area contributed by atoms with Crippen LogP contribution in [-0.4, -0.2) is 40.0 Å². The van der Waals surface area contributed by atoms with Gasteiger partial charge in [0.1, 0.15) is 10.7 Å². The third-order valence-electron chi connectivity index (χ3n) is 3.71. The van der Waals surface area contributed by atoms with E-state index in [1.807, 2.05) is 0 Å². The van der Waals surface area contributed by atoms with E-state index in [1.165, 1.54) is 16.2 Å². The molecule has 1 aromatic heterocycles. The average Bonchev–Trinajstić information content (AvgIpc) is 3.16. The maximum absolute atomic E-state index is 12.4. The number of carbonyl (C=O) groups is 2. The van der Waals surface area contributed by atoms with Crippen LogP contribution in [0.25, 0.3) is 10.6 Å². The van der Waals surface area contributed by atoms with Gasteiger partial charge in [0.25, 0.3) is 5.91 Å². The molecule has 0 radical (unpaired) electrons. The fourth-order valence-electron chi connectivity index (χ4n) is 2.47. The smallest absolute Gasteiger partial charge is 0.308 e. The summed E-state index contributed by atoms with van der Waals surface area (Å²) in [6.07, 6.45) is 0.473. The number of benzene rings is 1. The minimum absolute atomic E-state index is 0.225. The lowest BCUT2D eigenvalue weighted by atomic mass is 10.1. The second kappa shape index (κ2) is 6.47. The summed E-state index contributed by atoms with van der Waals surface area (Å²) in [4.78, 5) is 29.3. The van der Waals surface area contributed by atoms with Gasteiger partial charge in [0.2, 0.25) is 0 Å². The number of thiazole rings is 1. The highest BCUT2D eigenvalue weighted by Crippen LogP contribution is 2.32. The molecule has 0 bridgehead atoms. The van der Waals surface area contributed by atoms with Crippen LogP contribution in [0, 0.1) is 5.92 Å². The van der Waals surface area contributed by atoms with Crippen LogP contribution in [0.2, 0.25) is 10.0 Å². The van der Waals surface area contributed by atoms with Gasteiger partial charge in [-0.25, -0.2) is 4.98 Å². The summed E-state index contributed by atoms with van der Waals surface area (Å²) in [7, 11) is 0. The Morgan fingerprint density at radius 2 is 2.13 bits per heavy atom. The van der Waals surface area contributed by atoms with Crippen molar-refractivity contribution in [3.05, 3.63) is 39.3 Å². The van der Waals surface area contributed by atoms with Crippen LogP contribution in [0.5, 0.6) is 0 Å². The lowest BCUT2D eigenvalue weighted by molar-refractivity contribution is -0.141. The Balaban J connectivity index is 1.79. The van der Waals surface area contributed by atoms with Gasteiger partial charge < -0.3 is 10.0 Å². The Morgan fingerprint density at radius 3 is 2.78 bits per heavy atom. The fourth-order valence-corrected chi connectivity index (χ4v) is 3.85. The van der Waals surface area contributed by atoms with E-state index in [4.69, 9.17) is 28.3 Å². The van der Waals surface area contributed by atoms with Crippen LogP contribution in [0.1, 0.15) is 16.9 Å². The first-order valence-electron chi connectivity index (χ1n) is 6.88. The lowest BCUT2D eigenvalue weighted by Crippen LogP contribution is -2.30. The van der Waals surface area contributed by atoms with Crippen molar-refractivity contribution < 1.29 is 14.7 Å². The summed E-state index contributed by atoms with van der Waals surface area (Å²) in [5.74, 6) is -1.61. The van der Waals surface area contributed by atoms with E-state index in [-0.39, 0.29) is 12.5 Å². The Morgan fingerprint density at radius 1 is 1.35 bits per heavy atom. The quantitative estimate of drug-likeness (QED) is 0.894. The second-order valence-corrected chi connectivity index (χ2v) is 6.94. The van der Waals surface area contributed by atoms with Crippen LogP contribution < -0.4 is 0 Å². The summed E-state index contributed by atoms with van der Waals surface area (Å²) in [5.41, 5.74) is 1.02. The maximum atomic E-state index is 12.4. The summed E-state index contributed by atoms with van der Waals surface area (Å²) in [6.45, 7) is 0.660. The number of hydrogen-bond acceptors (Lipinski definition) is 4. The highest BCUT2D eigenvalue weighted by atomic mass is 35.5. The lowest BCUT2D eigenvalue weighted by Gasteiger charge is -2.13. The van der Waals surface area contributed by atoms with Crippen LogP contribution in [0.3, 0.4) is 0 Å². The number of carboxylic acids is 1. The predicted molar refractivity (Wildman–Crippen MR) is 89.2 cm³/mol. The van der Waals surface area contributed by atoms with E-state index < -0.39 is 11.9 Å². The van der Waals surface area contributed by atoms with Gasteiger partial charge in [0.05, 0.1) is 10.9 Å². The zero-order chi connectivity index (χ0) is 16.6. The highest BCUT2D eigenvalue weighted by molar-refractivity contribution is 7.13. The van der Waals surface area contributed by atoms with Crippen molar-refractivity contribution in [2.75, 3.05) is 13.1 Å². The molecule has 1 atom stereocenters. The monoisotopic (exact) mass is 370 g/mol. The van der Waals surface area contributed by atoms with Crippen molar-refractivity contribution in [1.82, 2.24) is 9.88 Å². The van der Waals surface area contributed by atoms with E-state index in [0.717, 1.165) is 0 Å². The molecule has 1 aromatic carbocycles. The van der Waals surface area contributed by atoms with E-state index in [1.54, 1.807) is 23.6 Å². The van der Waals surface area contributed by atoms with Crippen molar-refractivity contribution in [3.8, 4) is 10.6 Å². The third-order valence-corrected chi connectivity index (χ3v) is 5.13. The largest absolute Gasteiger partial charge is 0.481 e. The Bertz CT molecular complexity index is 778. The number of nitrogens with zero attached hydrogens (tertiary/aromatic N) is 2. The van der Waals surface area contributed by atoms with Gasteiger partial charge in [0, 0.05) is 29.1 Å². The van der Waals surface area contributed by atoms with Gasteiger partial charge in [-0.1, -0.05) is 23.2 Å². The molecule has 2 aromatic rings. The van der Waals surface area contributed by atoms with Crippen molar-refractivity contribution in [2.24, 2.45) is 5.92 Å². The number of hydrogen-bond donors (Lipinski definition) is 1. The molecule has 2 heterocycles. The zero-order valence-corrected chi connectivity index (χ0v) is 14.2. The van der Waals surface area contributed by atoms with Gasteiger partial charge >= 0.3 is 5.97 Å². The molecule has 1 aliphatic rings. The molecule has 1 N–H and O–H groups in total. The first kappa shape index (κ1) is 16.2. The molecular formula is C15H12Cl2N2O3S. The number of rotatable bonds is 3. The van der Waals surface area contributed by atoms with Crippen LogP contribution in [-0.2, 0) is 4.79 Å². The molecule has 8 heteroatoms. The molecule has 1 unspecified atom stereocenters. The molecule has 1 aliphatic heterocycles. The molecule has 0 saturated carbocycles. The number of carboxylic acid groups (broad SMARTS) is 1. The normalized spacial score (nSPS) is 17.5.